The topological polar surface area (TPSA) is 93.0 Å². The zero-order valence-corrected chi connectivity index (χ0v) is 4.48. The molecule has 4 heteroatoms. The van der Waals surface area contributed by atoms with Crippen LogP contribution in [-0.4, -0.2) is 18.2 Å². The Morgan fingerprint density at radius 2 is 2.12 bits per heavy atom. The quantitative estimate of drug-likeness (QED) is 0.405. The van der Waals surface area contributed by atoms with Gasteiger partial charge in [-0.25, -0.2) is 0 Å². The van der Waals surface area contributed by atoms with Crippen LogP contribution in [0.25, 0.3) is 0 Å². The van der Waals surface area contributed by atoms with Crippen molar-refractivity contribution in [2.75, 3.05) is 6.54 Å². The predicted octanol–water partition coefficient (Wildman–Crippen LogP) is -1.16. The van der Waals surface area contributed by atoms with E-state index in [0.717, 1.165) is 0 Å². The normalized spacial score (nSPS) is 8.62. The molecule has 1 amide bonds. The van der Waals surface area contributed by atoms with Gasteiger partial charge in [-0.3, -0.25) is 4.79 Å². The van der Waals surface area contributed by atoms with Gasteiger partial charge in [0.15, 0.2) is 0 Å². The van der Waals surface area contributed by atoms with Gasteiger partial charge in [-0.2, -0.15) is 0 Å². The van der Waals surface area contributed by atoms with Crippen molar-refractivity contribution in [3.63, 3.8) is 0 Å². The lowest BCUT2D eigenvalue weighted by Crippen LogP contribution is -2.21. The lowest BCUT2D eigenvalue weighted by atomic mass is 10.3. The third-order valence-corrected chi connectivity index (χ3v) is 0.634. The molecule has 0 unspecified atom stereocenters. The summed E-state index contributed by atoms with van der Waals surface area (Å²) in [5, 5.41) is 6.84. The summed E-state index contributed by atoms with van der Waals surface area (Å²) < 4.78 is 0. The molecule has 0 atom stereocenters. The third kappa shape index (κ3) is 3.30. The van der Waals surface area contributed by atoms with E-state index in [4.69, 9.17) is 16.9 Å². The highest BCUT2D eigenvalue weighted by Crippen LogP contribution is 1.76. The van der Waals surface area contributed by atoms with Crippen molar-refractivity contribution in [3.05, 3.63) is 0 Å². The van der Waals surface area contributed by atoms with Crippen LogP contribution in [0.1, 0.15) is 6.42 Å². The average Bonchev–Trinajstić information content (AvgIpc) is 1.65. The summed E-state index contributed by atoms with van der Waals surface area (Å²) >= 11 is 0. The summed E-state index contributed by atoms with van der Waals surface area (Å²) in [5.74, 6) is -0.500. The minimum Gasteiger partial charge on any atom is -0.369 e. The Morgan fingerprint density at radius 3 is 2.25 bits per heavy atom. The van der Waals surface area contributed by atoms with E-state index in [2.05, 4.69) is 0 Å². The molecule has 0 aliphatic rings. The van der Waals surface area contributed by atoms with Crippen molar-refractivity contribution in [2.24, 2.45) is 11.5 Å². The minimum absolute atomic E-state index is 0.0174. The summed E-state index contributed by atoms with van der Waals surface area (Å²) in [7, 11) is 0. The van der Waals surface area contributed by atoms with Crippen LogP contribution >= 0.6 is 0 Å². The van der Waals surface area contributed by atoms with Gasteiger partial charge in [-0.1, -0.05) is 0 Å². The highest BCUT2D eigenvalue weighted by atomic mass is 16.1. The summed E-state index contributed by atoms with van der Waals surface area (Å²) in [6, 6.07) is 0. The fraction of sp³-hybridized carbons (Fsp3) is 0.500. The Balaban J connectivity index is 3.40. The summed E-state index contributed by atoms with van der Waals surface area (Å²) in [4.78, 5) is 9.99. The smallest absolute Gasteiger partial charge is 0.223 e. The zero-order valence-electron chi connectivity index (χ0n) is 4.48. The van der Waals surface area contributed by atoms with Crippen LogP contribution in [0.5, 0.6) is 0 Å². The molecular formula is C4H9N3O. The maximum absolute atomic E-state index is 9.99. The molecule has 0 saturated carbocycles. The van der Waals surface area contributed by atoms with Crippen molar-refractivity contribution in [1.29, 1.82) is 5.41 Å². The molecule has 0 aromatic carbocycles. The minimum atomic E-state index is -0.500. The van der Waals surface area contributed by atoms with Crippen molar-refractivity contribution in [1.82, 2.24) is 0 Å². The van der Waals surface area contributed by atoms with Gasteiger partial charge in [0.1, 0.15) is 0 Å². The van der Waals surface area contributed by atoms with Crippen molar-refractivity contribution in [2.45, 2.75) is 6.42 Å². The van der Waals surface area contributed by atoms with E-state index >= 15 is 0 Å². The van der Waals surface area contributed by atoms with Gasteiger partial charge in [0.05, 0.1) is 6.42 Å². The number of carbonyl (C=O) groups excluding carboxylic acids is 1. The van der Waals surface area contributed by atoms with Gasteiger partial charge in [-0.05, 0) is 0 Å². The Bertz CT molecular complexity index is 110. The molecule has 0 aromatic heterocycles. The first-order valence-electron chi connectivity index (χ1n) is 2.21. The molecule has 0 aliphatic carbocycles. The highest BCUT2D eigenvalue weighted by Gasteiger charge is 1.96. The molecule has 0 radical (unpaired) electrons. The van der Waals surface area contributed by atoms with Crippen molar-refractivity contribution < 1.29 is 4.79 Å². The maximum Gasteiger partial charge on any atom is 0.223 e. The van der Waals surface area contributed by atoms with E-state index in [1.54, 1.807) is 0 Å². The summed E-state index contributed by atoms with van der Waals surface area (Å²) in [6.45, 7) is 0.114. The lowest BCUT2D eigenvalue weighted by Gasteiger charge is -1.91. The number of nitrogens with one attached hydrogen (secondary N) is 1. The molecule has 0 bridgehead atoms. The molecule has 4 nitrogen and oxygen atoms in total. The molecule has 0 heterocycles. The predicted molar refractivity (Wildman–Crippen MR) is 30.6 cm³/mol. The standard InChI is InChI=1S/C4H9N3O/c5-2-3(6)1-4(7)8/h6H,1-2,5H2,(H2,7,8). The van der Waals surface area contributed by atoms with Crippen molar-refractivity contribution >= 4 is 11.6 Å². The second-order valence-corrected chi connectivity index (χ2v) is 1.45. The van der Waals surface area contributed by atoms with E-state index in [1.807, 2.05) is 0 Å². The number of hydrogen-bond acceptors (Lipinski definition) is 3. The van der Waals surface area contributed by atoms with E-state index in [-0.39, 0.29) is 18.7 Å². The Morgan fingerprint density at radius 1 is 1.62 bits per heavy atom. The number of nitrogens with two attached hydrogens (primary N) is 2. The van der Waals surface area contributed by atoms with Gasteiger partial charge in [-0.15, -0.1) is 0 Å². The largest absolute Gasteiger partial charge is 0.369 e. The Kier molecular flexibility index (Phi) is 2.79. The third-order valence-electron chi connectivity index (χ3n) is 0.634. The number of rotatable bonds is 3. The Hall–Kier alpha value is -0.900. The van der Waals surface area contributed by atoms with Crippen LogP contribution in [0.3, 0.4) is 0 Å². The zero-order chi connectivity index (χ0) is 6.57. The number of carbonyl (C=O) groups is 1. The summed E-state index contributed by atoms with van der Waals surface area (Å²) in [5.41, 5.74) is 9.90. The van der Waals surface area contributed by atoms with E-state index in [9.17, 15) is 4.79 Å². The SMILES string of the molecule is N=C(CN)CC(N)=O. The van der Waals surface area contributed by atoms with Gasteiger partial charge in [0.25, 0.3) is 0 Å². The fourth-order valence-electron chi connectivity index (χ4n) is 0.282. The van der Waals surface area contributed by atoms with Gasteiger partial charge in [0.2, 0.25) is 5.91 Å². The summed E-state index contributed by atoms with van der Waals surface area (Å²) in [6.07, 6.45) is -0.0174. The molecular weight excluding hydrogens is 106 g/mol. The number of primary amides is 1. The first-order valence-corrected chi connectivity index (χ1v) is 2.21. The van der Waals surface area contributed by atoms with E-state index < -0.39 is 5.91 Å². The first kappa shape index (κ1) is 7.10. The van der Waals surface area contributed by atoms with Crippen LogP contribution < -0.4 is 11.5 Å². The Labute approximate surface area is 47.4 Å². The number of amides is 1. The second kappa shape index (κ2) is 3.15. The van der Waals surface area contributed by atoms with Crippen LogP contribution in [0.2, 0.25) is 0 Å². The molecule has 8 heavy (non-hydrogen) atoms. The van der Waals surface area contributed by atoms with Crippen LogP contribution in [-0.2, 0) is 4.79 Å². The van der Waals surface area contributed by atoms with Gasteiger partial charge < -0.3 is 16.9 Å². The van der Waals surface area contributed by atoms with Crippen molar-refractivity contribution in [3.8, 4) is 0 Å². The monoisotopic (exact) mass is 115 g/mol. The molecule has 0 aliphatic heterocycles. The van der Waals surface area contributed by atoms with Gasteiger partial charge >= 0.3 is 0 Å². The maximum atomic E-state index is 9.99. The number of hydrogen-bond donors (Lipinski definition) is 3. The molecule has 0 fully saturated rings. The second-order valence-electron chi connectivity index (χ2n) is 1.45. The first-order chi connectivity index (χ1) is 3.66. The fourth-order valence-corrected chi connectivity index (χ4v) is 0.282. The molecule has 0 aromatic rings. The average molecular weight is 115 g/mol. The molecule has 0 rings (SSSR count). The van der Waals surface area contributed by atoms with E-state index in [0.29, 0.717) is 0 Å². The van der Waals surface area contributed by atoms with Crippen LogP contribution in [0.4, 0.5) is 0 Å². The van der Waals surface area contributed by atoms with Crippen LogP contribution in [0, 0.1) is 5.41 Å². The van der Waals surface area contributed by atoms with E-state index in [1.165, 1.54) is 0 Å². The van der Waals surface area contributed by atoms with Crippen LogP contribution in [0.15, 0.2) is 0 Å². The molecule has 0 saturated heterocycles. The van der Waals surface area contributed by atoms with Gasteiger partial charge in [0, 0.05) is 12.3 Å². The molecule has 5 N–H and O–H groups in total. The lowest BCUT2D eigenvalue weighted by molar-refractivity contribution is -0.116. The molecule has 0 spiro atoms. The highest BCUT2D eigenvalue weighted by molar-refractivity contribution is 5.99. The molecule has 46 valence electrons.